The molecule has 60 valence electrons. The number of hydrogen-bond donors (Lipinski definition) is 1. The molecule has 0 unspecified atom stereocenters. The lowest BCUT2D eigenvalue weighted by molar-refractivity contribution is -0.116. The molecule has 0 aliphatic carbocycles. The molecule has 3 nitrogen and oxygen atoms in total. The molecule has 0 aromatic rings. The minimum Gasteiger partial charge on any atom is -0.323 e. The third kappa shape index (κ3) is 7.86. The van der Waals surface area contributed by atoms with E-state index >= 15 is 0 Å². The second-order valence-corrected chi connectivity index (χ2v) is 6.32. The number of nitrogens with one attached hydrogen (secondary N) is 1. The fraction of sp³-hybridized carbons (Fsp3) is 0.833. The summed E-state index contributed by atoms with van der Waals surface area (Å²) in [7, 11) is -1.99. The predicted octanol–water partition coefficient (Wildman–Crippen LogP) is 0.745. The van der Waals surface area contributed by atoms with Gasteiger partial charge in [0.1, 0.15) is 5.78 Å². The van der Waals surface area contributed by atoms with Gasteiger partial charge in [-0.05, 0) is 20.3 Å². The summed E-state index contributed by atoms with van der Waals surface area (Å²) in [6.07, 6.45) is 0.451. The number of Topliss-reactive ketones (excluding diaryl/α,β-unsaturated/α-hetero) is 1. The summed E-state index contributed by atoms with van der Waals surface area (Å²) < 4.78 is 11.0. The summed E-state index contributed by atoms with van der Waals surface area (Å²) in [6, 6.07) is 0. The highest BCUT2D eigenvalue weighted by atomic mass is 31.2. The van der Waals surface area contributed by atoms with Crippen LogP contribution >= 0.6 is 7.14 Å². The lowest BCUT2D eigenvalue weighted by Gasteiger charge is -2.05. The first-order valence-electron chi connectivity index (χ1n) is 3.16. The summed E-state index contributed by atoms with van der Waals surface area (Å²) in [6.45, 7) is 5.22. The van der Waals surface area contributed by atoms with Crippen molar-refractivity contribution in [2.45, 2.75) is 6.92 Å². The van der Waals surface area contributed by atoms with Crippen molar-refractivity contribution in [1.29, 1.82) is 0 Å². The largest absolute Gasteiger partial charge is 0.323 e. The summed E-state index contributed by atoms with van der Waals surface area (Å²) in [4.78, 5) is 10.4. The van der Waals surface area contributed by atoms with Crippen molar-refractivity contribution in [2.24, 2.45) is 0 Å². The van der Waals surface area contributed by atoms with Crippen molar-refractivity contribution >= 4 is 12.9 Å². The molecular formula is C6H14NO2P. The summed E-state index contributed by atoms with van der Waals surface area (Å²) in [5.41, 5.74) is 0. The van der Waals surface area contributed by atoms with Gasteiger partial charge >= 0.3 is 0 Å². The Balaban J connectivity index is 3.39. The number of ketones is 1. The Hall–Kier alpha value is -0.140. The normalized spacial score (nSPS) is 11.5. The van der Waals surface area contributed by atoms with E-state index in [1.807, 2.05) is 0 Å². The van der Waals surface area contributed by atoms with Crippen molar-refractivity contribution in [1.82, 2.24) is 5.32 Å². The quantitative estimate of drug-likeness (QED) is 0.622. The first kappa shape index (κ1) is 9.86. The van der Waals surface area contributed by atoms with Crippen LogP contribution in [0.25, 0.3) is 0 Å². The molecule has 0 heterocycles. The smallest absolute Gasteiger partial charge is 0.143 e. The molecule has 0 radical (unpaired) electrons. The second kappa shape index (κ2) is 3.89. The molecule has 0 amide bonds. The van der Waals surface area contributed by atoms with Crippen LogP contribution in [0, 0.1) is 0 Å². The fourth-order valence-electron chi connectivity index (χ4n) is 0.501. The van der Waals surface area contributed by atoms with E-state index in [9.17, 15) is 9.36 Å². The Bertz CT molecular complexity index is 161. The number of hydrogen-bond acceptors (Lipinski definition) is 3. The van der Waals surface area contributed by atoms with Crippen molar-refractivity contribution in [3.63, 3.8) is 0 Å². The molecule has 0 saturated carbocycles. The lowest BCUT2D eigenvalue weighted by atomic mass is 10.5. The van der Waals surface area contributed by atoms with Gasteiger partial charge in [0.25, 0.3) is 0 Å². The Labute approximate surface area is 61.6 Å². The molecule has 0 rings (SSSR count). The van der Waals surface area contributed by atoms with Crippen LogP contribution in [0.15, 0.2) is 0 Å². The van der Waals surface area contributed by atoms with Gasteiger partial charge in [0.05, 0.1) is 13.7 Å². The average molecular weight is 163 g/mol. The highest BCUT2D eigenvalue weighted by molar-refractivity contribution is 7.62. The van der Waals surface area contributed by atoms with E-state index < -0.39 is 7.14 Å². The van der Waals surface area contributed by atoms with E-state index in [1.165, 1.54) is 6.92 Å². The van der Waals surface area contributed by atoms with Crippen LogP contribution in [-0.2, 0) is 9.36 Å². The maximum absolute atomic E-state index is 11.0. The average Bonchev–Trinajstić information content (AvgIpc) is 1.59. The molecule has 0 aliphatic rings. The Morgan fingerprint density at radius 2 is 2.00 bits per heavy atom. The van der Waals surface area contributed by atoms with Gasteiger partial charge in [-0.3, -0.25) is 4.79 Å². The zero-order valence-electron chi connectivity index (χ0n) is 6.68. The fourth-order valence-corrected chi connectivity index (χ4v) is 1.15. The summed E-state index contributed by atoms with van der Waals surface area (Å²) in [5.74, 6) is 0.0773. The van der Waals surface area contributed by atoms with Crippen LogP contribution in [-0.4, -0.2) is 31.9 Å². The molecule has 0 aromatic heterocycles. The number of carbonyl (C=O) groups excluding carboxylic acids is 1. The first-order valence-corrected chi connectivity index (χ1v) is 5.94. The standard InChI is InChI=1S/C6H14NO2P/c1-6(8)4-7-5-10(2,3)9/h7H,4-5H2,1-3H3. The van der Waals surface area contributed by atoms with E-state index in [0.29, 0.717) is 12.8 Å². The minimum atomic E-state index is -1.99. The van der Waals surface area contributed by atoms with Gasteiger partial charge in [0, 0.05) is 6.29 Å². The van der Waals surface area contributed by atoms with Gasteiger partial charge < -0.3 is 9.88 Å². The van der Waals surface area contributed by atoms with Gasteiger partial charge in [-0.25, -0.2) is 0 Å². The highest BCUT2D eigenvalue weighted by Crippen LogP contribution is 2.33. The molecule has 0 fully saturated rings. The monoisotopic (exact) mass is 163 g/mol. The third-order valence-corrected chi connectivity index (χ3v) is 1.85. The maximum Gasteiger partial charge on any atom is 0.143 e. The maximum atomic E-state index is 11.0. The zero-order chi connectivity index (χ0) is 8.20. The van der Waals surface area contributed by atoms with Crippen LogP contribution < -0.4 is 5.32 Å². The molecule has 0 aromatic carbocycles. The summed E-state index contributed by atoms with van der Waals surface area (Å²) >= 11 is 0. The Morgan fingerprint density at radius 3 is 2.30 bits per heavy atom. The summed E-state index contributed by atoms with van der Waals surface area (Å²) in [5, 5.41) is 2.81. The van der Waals surface area contributed by atoms with Crippen molar-refractivity contribution in [3.05, 3.63) is 0 Å². The van der Waals surface area contributed by atoms with Crippen LogP contribution in [0.4, 0.5) is 0 Å². The highest BCUT2D eigenvalue weighted by Gasteiger charge is 2.05. The number of carbonyl (C=O) groups is 1. The van der Waals surface area contributed by atoms with E-state index in [0.717, 1.165) is 0 Å². The molecule has 10 heavy (non-hydrogen) atoms. The molecule has 0 spiro atoms. The lowest BCUT2D eigenvalue weighted by Crippen LogP contribution is -2.21. The topological polar surface area (TPSA) is 46.2 Å². The van der Waals surface area contributed by atoms with Gasteiger partial charge in [0.2, 0.25) is 0 Å². The SMILES string of the molecule is CC(=O)CNCP(C)(C)=O. The molecular weight excluding hydrogens is 149 g/mol. The van der Waals surface area contributed by atoms with Crippen molar-refractivity contribution in [3.8, 4) is 0 Å². The first-order chi connectivity index (χ1) is 4.42. The van der Waals surface area contributed by atoms with Gasteiger partial charge in [-0.15, -0.1) is 0 Å². The molecule has 1 N–H and O–H groups in total. The molecule has 0 atom stereocenters. The predicted molar refractivity (Wildman–Crippen MR) is 43.0 cm³/mol. The van der Waals surface area contributed by atoms with Crippen LogP contribution in [0.5, 0.6) is 0 Å². The van der Waals surface area contributed by atoms with Crippen molar-refractivity contribution in [2.75, 3.05) is 26.2 Å². The third-order valence-electron chi connectivity index (χ3n) is 0.867. The van der Waals surface area contributed by atoms with E-state index in [-0.39, 0.29) is 5.78 Å². The van der Waals surface area contributed by atoms with Gasteiger partial charge in [0.15, 0.2) is 0 Å². The molecule has 0 aliphatic heterocycles. The van der Waals surface area contributed by atoms with Gasteiger partial charge in [-0.2, -0.15) is 0 Å². The van der Waals surface area contributed by atoms with Crippen LogP contribution in [0.3, 0.4) is 0 Å². The number of rotatable bonds is 4. The Kier molecular flexibility index (Phi) is 3.84. The zero-order valence-corrected chi connectivity index (χ0v) is 7.57. The van der Waals surface area contributed by atoms with E-state index in [1.54, 1.807) is 13.3 Å². The van der Waals surface area contributed by atoms with E-state index in [2.05, 4.69) is 5.32 Å². The van der Waals surface area contributed by atoms with E-state index in [4.69, 9.17) is 0 Å². The van der Waals surface area contributed by atoms with Crippen molar-refractivity contribution < 1.29 is 9.36 Å². The Morgan fingerprint density at radius 1 is 1.50 bits per heavy atom. The molecule has 0 bridgehead atoms. The van der Waals surface area contributed by atoms with Gasteiger partial charge in [-0.1, -0.05) is 0 Å². The van der Waals surface area contributed by atoms with Crippen LogP contribution in [0.1, 0.15) is 6.92 Å². The molecule has 4 heteroatoms. The minimum absolute atomic E-state index is 0.0773. The van der Waals surface area contributed by atoms with Crippen LogP contribution in [0.2, 0.25) is 0 Å². The second-order valence-electron chi connectivity index (χ2n) is 2.86. The molecule has 0 saturated heterocycles.